The molecule has 0 spiro atoms. The highest BCUT2D eigenvalue weighted by Gasteiger charge is 2.09. The quantitative estimate of drug-likeness (QED) is 0.107. The van der Waals surface area contributed by atoms with Crippen LogP contribution >= 0.6 is 0 Å². The lowest BCUT2D eigenvalue weighted by atomic mass is 10.0. The van der Waals surface area contributed by atoms with Gasteiger partial charge in [0, 0.05) is 24.2 Å². The summed E-state index contributed by atoms with van der Waals surface area (Å²) >= 11 is 0. The first kappa shape index (κ1) is 33.4. The third-order valence-corrected chi connectivity index (χ3v) is 7.28. The van der Waals surface area contributed by atoms with E-state index in [1.165, 1.54) is 89.0 Å². The van der Waals surface area contributed by atoms with Crippen molar-refractivity contribution in [2.75, 3.05) is 26.9 Å². The molecule has 2 rings (SSSR count). The molecule has 0 saturated carbocycles. The Hall–Kier alpha value is -2.76. The predicted molar refractivity (Wildman–Crippen MR) is 163 cm³/mol. The summed E-state index contributed by atoms with van der Waals surface area (Å²) in [5, 5.41) is 2.92. The Balaban J connectivity index is 1.52. The van der Waals surface area contributed by atoms with Crippen molar-refractivity contribution in [2.45, 2.75) is 117 Å². The maximum Gasteiger partial charge on any atom is 0.257 e. The normalized spacial score (nSPS) is 10.9. The van der Waals surface area contributed by atoms with Gasteiger partial charge in [-0.1, -0.05) is 90.4 Å². The minimum Gasteiger partial charge on any atom is -0.493 e. The van der Waals surface area contributed by atoms with Crippen LogP contribution in [0.1, 0.15) is 109 Å². The zero-order valence-electron chi connectivity index (χ0n) is 25.6. The van der Waals surface area contributed by atoms with E-state index in [0.717, 1.165) is 19.4 Å². The zero-order chi connectivity index (χ0) is 28.7. The van der Waals surface area contributed by atoms with Gasteiger partial charge in [0.1, 0.15) is 12.3 Å². The van der Waals surface area contributed by atoms with Gasteiger partial charge in [-0.15, -0.1) is 0 Å². The van der Waals surface area contributed by atoms with Crippen molar-refractivity contribution in [3.8, 4) is 17.2 Å². The molecule has 1 aromatic heterocycles. The van der Waals surface area contributed by atoms with Crippen molar-refractivity contribution >= 4 is 5.91 Å². The molecule has 1 N–H and O–H groups in total. The van der Waals surface area contributed by atoms with Crippen molar-refractivity contribution in [2.24, 2.45) is 0 Å². The number of hydrogen-bond donors (Lipinski definition) is 1. The summed E-state index contributed by atoms with van der Waals surface area (Å²) in [5.41, 5.74) is 1.19. The number of pyridine rings is 1. The van der Waals surface area contributed by atoms with Crippen LogP contribution in [0.25, 0.3) is 0 Å². The number of unbranched alkanes of at least 4 members (excludes halogenated alkanes) is 13. The number of carbonyl (C=O) groups is 1. The van der Waals surface area contributed by atoms with Gasteiger partial charge in [0.05, 0.1) is 13.7 Å². The molecule has 1 heterocycles. The smallest absolute Gasteiger partial charge is 0.257 e. The van der Waals surface area contributed by atoms with Gasteiger partial charge in [-0.3, -0.25) is 4.79 Å². The Morgan fingerprint density at radius 2 is 1.45 bits per heavy atom. The van der Waals surface area contributed by atoms with Crippen LogP contribution < -0.4 is 24.1 Å². The first-order chi connectivity index (χ1) is 19.7. The minimum absolute atomic E-state index is 0.0356. The van der Waals surface area contributed by atoms with Crippen LogP contribution in [-0.4, -0.2) is 32.8 Å². The Morgan fingerprint density at radius 1 is 0.800 bits per heavy atom. The van der Waals surface area contributed by atoms with E-state index >= 15 is 0 Å². The fourth-order valence-electron chi connectivity index (χ4n) is 4.80. The van der Waals surface area contributed by atoms with Crippen LogP contribution in [0.5, 0.6) is 17.2 Å². The number of hydrogen-bond acceptors (Lipinski definition) is 4. The molecule has 40 heavy (non-hydrogen) atoms. The topological polar surface area (TPSA) is 60.7 Å². The molecule has 0 aliphatic rings. The number of methoxy groups -OCH3 is 1. The zero-order valence-corrected chi connectivity index (χ0v) is 25.6. The first-order valence-corrected chi connectivity index (χ1v) is 15.8. The van der Waals surface area contributed by atoms with Crippen LogP contribution in [-0.2, 0) is 17.8 Å². The summed E-state index contributed by atoms with van der Waals surface area (Å²) in [5.74, 6) is 1.78. The number of ether oxygens (including phenoxy) is 3. The molecular weight excluding hydrogens is 500 g/mol. The van der Waals surface area contributed by atoms with Gasteiger partial charge in [-0.05, 0) is 38.0 Å². The lowest BCUT2D eigenvalue weighted by Crippen LogP contribution is -2.33. The minimum atomic E-state index is -0.142. The molecule has 6 heteroatoms. The molecule has 0 bridgehead atoms. The van der Waals surface area contributed by atoms with Gasteiger partial charge >= 0.3 is 0 Å². The van der Waals surface area contributed by atoms with Gasteiger partial charge in [-0.25, -0.2) is 4.57 Å². The largest absolute Gasteiger partial charge is 0.493 e. The molecule has 0 aliphatic heterocycles. The number of nitrogens with zero attached hydrogens (tertiary/aromatic N) is 1. The summed E-state index contributed by atoms with van der Waals surface area (Å²) in [4.78, 5) is 12.2. The molecule has 0 atom stereocenters. The summed E-state index contributed by atoms with van der Waals surface area (Å²) in [6.45, 7) is 6.53. The van der Waals surface area contributed by atoms with Gasteiger partial charge < -0.3 is 19.5 Å². The number of aryl methyl sites for hydroxylation is 1. The van der Waals surface area contributed by atoms with Crippen molar-refractivity contribution in [1.82, 2.24) is 5.32 Å². The van der Waals surface area contributed by atoms with Crippen molar-refractivity contribution in [1.29, 1.82) is 0 Å². The van der Waals surface area contributed by atoms with E-state index in [9.17, 15) is 4.79 Å². The summed E-state index contributed by atoms with van der Waals surface area (Å²) < 4.78 is 19.3. The van der Waals surface area contributed by atoms with Gasteiger partial charge in [0.25, 0.3) is 5.91 Å². The second-order valence-electron chi connectivity index (χ2n) is 10.7. The fourth-order valence-corrected chi connectivity index (χ4v) is 4.80. The average Bonchev–Trinajstić information content (AvgIpc) is 2.98. The first-order valence-electron chi connectivity index (χ1n) is 15.8. The number of carbonyl (C=O) groups excluding carboxylic acids is 1. The average molecular weight is 556 g/mol. The SMILES string of the molecule is CCCCCCCCCCCCCCCCOc1ccc(OCC(=O)NCCc2ccc[n+](CC)c2)cc1OC. The number of benzene rings is 1. The van der Waals surface area contributed by atoms with Crippen LogP contribution in [0.4, 0.5) is 0 Å². The number of rotatable bonds is 24. The van der Waals surface area contributed by atoms with Crippen LogP contribution in [0.3, 0.4) is 0 Å². The van der Waals surface area contributed by atoms with Gasteiger partial charge in [0.15, 0.2) is 30.5 Å². The van der Waals surface area contributed by atoms with Crippen molar-refractivity contribution in [3.63, 3.8) is 0 Å². The molecular formula is C34H55N2O4+. The van der Waals surface area contributed by atoms with E-state index < -0.39 is 0 Å². The molecule has 6 nitrogen and oxygen atoms in total. The fraction of sp³-hybridized carbons (Fsp3) is 0.647. The van der Waals surface area contributed by atoms with E-state index in [-0.39, 0.29) is 12.5 Å². The maximum absolute atomic E-state index is 12.2. The van der Waals surface area contributed by atoms with Crippen LogP contribution in [0.2, 0.25) is 0 Å². The third kappa shape index (κ3) is 15.1. The Labute approximate surface area is 243 Å². The van der Waals surface area contributed by atoms with Gasteiger partial charge in [0.2, 0.25) is 0 Å². The van der Waals surface area contributed by atoms with E-state index in [0.29, 0.717) is 30.4 Å². The van der Waals surface area contributed by atoms with Gasteiger partial charge in [-0.2, -0.15) is 0 Å². The molecule has 0 unspecified atom stereocenters. The predicted octanol–water partition coefficient (Wildman–Crippen LogP) is 7.60. The highest BCUT2D eigenvalue weighted by atomic mass is 16.5. The van der Waals surface area contributed by atoms with E-state index in [4.69, 9.17) is 14.2 Å². The van der Waals surface area contributed by atoms with Crippen LogP contribution in [0, 0.1) is 0 Å². The molecule has 1 amide bonds. The highest BCUT2D eigenvalue weighted by Crippen LogP contribution is 2.31. The second kappa shape index (κ2) is 22.0. The molecule has 0 saturated heterocycles. The van der Waals surface area contributed by atoms with Crippen LogP contribution in [0.15, 0.2) is 42.7 Å². The number of aromatic nitrogens is 1. The number of amides is 1. The lowest BCUT2D eigenvalue weighted by Gasteiger charge is -2.13. The summed E-state index contributed by atoms with van der Waals surface area (Å²) in [6.07, 6.45) is 23.7. The van der Waals surface area contributed by atoms with E-state index in [2.05, 4.69) is 36.0 Å². The highest BCUT2D eigenvalue weighted by molar-refractivity contribution is 5.77. The summed E-state index contributed by atoms with van der Waals surface area (Å²) in [6, 6.07) is 9.56. The monoisotopic (exact) mass is 555 g/mol. The number of nitrogens with one attached hydrogen (secondary N) is 1. The molecule has 0 aliphatic carbocycles. The maximum atomic E-state index is 12.2. The van der Waals surface area contributed by atoms with E-state index in [1.54, 1.807) is 13.2 Å². The standard InChI is InChI=1S/C34H54N2O4/c1-4-6-7-8-9-10-11-12-13-14-15-16-17-18-26-39-32-22-21-31(27-33(32)38-3)40-29-34(37)35-24-23-30-20-19-25-36(5-2)28-30/h19-22,25,27-28H,4-18,23-24,26,29H2,1-3H3/p+1. The van der Waals surface area contributed by atoms with Crippen molar-refractivity contribution < 1.29 is 23.6 Å². The second-order valence-corrected chi connectivity index (χ2v) is 10.7. The molecule has 0 radical (unpaired) electrons. The Kier molecular flexibility index (Phi) is 18.4. The molecule has 0 fully saturated rings. The lowest BCUT2D eigenvalue weighted by molar-refractivity contribution is -0.694. The van der Waals surface area contributed by atoms with E-state index in [1.807, 2.05) is 24.4 Å². The van der Waals surface area contributed by atoms with Crippen molar-refractivity contribution in [3.05, 3.63) is 48.3 Å². The summed E-state index contributed by atoms with van der Waals surface area (Å²) in [7, 11) is 1.62. The third-order valence-electron chi connectivity index (χ3n) is 7.28. The Bertz CT molecular complexity index is 934. The Morgan fingerprint density at radius 3 is 2.08 bits per heavy atom. The molecule has 224 valence electrons. The molecule has 1 aromatic carbocycles. The molecule has 2 aromatic rings.